The van der Waals surface area contributed by atoms with E-state index in [2.05, 4.69) is 5.32 Å². The number of halogens is 1. The van der Waals surface area contributed by atoms with Crippen molar-refractivity contribution in [1.29, 1.82) is 0 Å². The third-order valence-electron chi connectivity index (χ3n) is 4.54. The largest absolute Gasteiger partial charge is 0.452 e. The predicted octanol–water partition coefficient (Wildman–Crippen LogP) is 4.51. The second kappa shape index (κ2) is 10.4. The Labute approximate surface area is 183 Å². The predicted molar refractivity (Wildman–Crippen MR) is 116 cm³/mol. The fraction of sp³-hybridized carbons (Fsp3) is 0.130. The highest BCUT2D eigenvalue weighted by molar-refractivity contribution is 6.33. The van der Waals surface area contributed by atoms with Gasteiger partial charge < -0.3 is 10.1 Å². The molecule has 0 saturated carbocycles. The summed E-state index contributed by atoms with van der Waals surface area (Å²) in [6.45, 7) is -0.510. The van der Waals surface area contributed by atoms with Gasteiger partial charge in [0.25, 0.3) is 11.6 Å². The van der Waals surface area contributed by atoms with Crippen LogP contribution in [0.4, 0.5) is 5.69 Å². The Kier molecular flexibility index (Phi) is 7.35. The number of nitro groups is 1. The molecule has 1 atom stereocenters. The zero-order valence-corrected chi connectivity index (χ0v) is 17.1. The first kappa shape index (κ1) is 22.0. The van der Waals surface area contributed by atoms with Crippen molar-refractivity contribution in [1.82, 2.24) is 5.32 Å². The van der Waals surface area contributed by atoms with E-state index in [1.807, 2.05) is 60.7 Å². The van der Waals surface area contributed by atoms with Crippen molar-refractivity contribution in [2.75, 3.05) is 6.61 Å². The third kappa shape index (κ3) is 6.13. The van der Waals surface area contributed by atoms with Crippen LogP contribution >= 0.6 is 11.6 Å². The third-order valence-corrected chi connectivity index (χ3v) is 4.85. The second-order valence-electron chi connectivity index (χ2n) is 6.72. The van der Waals surface area contributed by atoms with E-state index in [4.69, 9.17) is 16.3 Å². The van der Waals surface area contributed by atoms with Gasteiger partial charge in [-0.3, -0.25) is 14.9 Å². The lowest BCUT2D eigenvalue weighted by Crippen LogP contribution is -2.33. The van der Waals surface area contributed by atoms with Crippen molar-refractivity contribution in [3.63, 3.8) is 0 Å². The molecule has 7 nitrogen and oxygen atoms in total. The Morgan fingerprint density at radius 1 is 1.00 bits per heavy atom. The second-order valence-corrected chi connectivity index (χ2v) is 7.13. The van der Waals surface area contributed by atoms with Crippen LogP contribution in [0.1, 0.15) is 27.5 Å². The fourth-order valence-electron chi connectivity index (χ4n) is 3.02. The first-order chi connectivity index (χ1) is 14.9. The van der Waals surface area contributed by atoms with Crippen molar-refractivity contribution in [2.45, 2.75) is 12.5 Å². The molecule has 0 radical (unpaired) electrons. The maximum absolute atomic E-state index is 12.5. The number of nitrogens with zero attached hydrogens (tertiary/aromatic N) is 1. The summed E-state index contributed by atoms with van der Waals surface area (Å²) in [5.41, 5.74) is 1.67. The van der Waals surface area contributed by atoms with Gasteiger partial charge in [-0.05, 0) is 23.6 Å². The molecule has 1 N–H and O–H groups in total. The molecule has 0 spiro atoms. The van der Waals surface area contributed by atoms with Gasteiger partial charge >= 0.3 is 5.97 Å². The summed E-state index contributed by atoms with van der Waals surface area (Å²) in [5, 5.41) is 13.5. The van der Waals surface area contributed by atoms with Gasteiger partial charge in [0, 0.05) is 12.1 Å². The number of carbonyl (C=O) groups is 2. The molecular weight excluding hydrogens is 420 g/mol. The molecule has 3 aromatic carbocycles. The number of rotatable bonds is 8. The Hall–Kier alpha value is -3.71. The molecule has 0 fully saturated rings. The van der Waals surface area contributed by atoms with E-state index in [1.165, 1.54) is 6.07 Å². The molecule has 0 aliphatic carbocycles. The average Bonchev–Trinajstić information content (AvgIpc) is 2.78. The Balaban J connectivity index is 1.64. The monoisotopic (exact) mass is 438 g/mol. The molecule has 0 aliphatic rings. The smallest absolute Gasteiger partial charge is 0.340 e. The van der Waals surface area contributed by atoms with Gasteiger partial charge in [-0.1, -0.05) is 72.3 Å². The molecule has 1 unspecified atom stereocenters. The van der Waals surface area contributed by atoms with Crippen LogP contribution in [0.25, 0.3) is 0 Å². The minimum Gasteiger partial charge on any atom is -0.452 e. The van der Waals surface area contributed by atoms with Crippen LogP contribution in [0.15, 0.2) is 78.9 Å². The van der Waals surface area contributed by atoms with Crippen LogP contribution in [0, 0.1) is 10.1 Å². The van der Waals surface area contributed by atoms with E-state index in [9.17, 15) is 19.7 Å². The molecule has 3 aromatic rings. The van der Waals surface area contributed by atoms with Gasteiger partial charge in [0.1, 0.15) is 0 Å². The maximum atomic E-state index is 12.5. The molecule has 0 saturated heterocycles. The van der Waals surface area contributed by atoms with Crippen molar-refractivity contribution in [3.8, 4) is 0 Å². The number of hydrogen-bond donors (Lipinski definition) is 1. The van der Waals surface area contributed by atoms with E-state index in [1.54, 1.807) is 0 Å². The van der Waals surface area contributed by atoms with Crippen molar-refractivity contribution in [3.05, 3.63) is 111 Å². The number of amides is 1. The summed E-state index contributed by atoms with van der Waals surface area (Å²) in [6, 6.07) is 22.3. The molecule has 158 valence electrons. The average molecular weight is 439 g/mol. The highest BCUT2D eigenvalue weighted by Crippen LogP contribution is 2.23. The SMILES string of the molecule is O=C(COC(=O)c1ccc([N+](=O)[O-])cc1Cl)NC(Cc1ccccc1)c1ccccc1. The number of nitrogens with one attached hydrogen (secondary N) is 1. The Morgan fingerprint density at radius 3 is 2.26 bits per heavy atom. The van der Waals surface area contributed by atoms with Gasteiger partial charge in [0.2, 0.25) is 0 Å². The van der Waals surface area contributed by atoms with Crippen LogP contribution in [-0.4, -0.2) is 23.4 Å². The van der Waals surface area contributed by atoms with E-state index in [0.29, 0.717) is 6.42 Å². The minimum absolute atomic E-state index is 0.0519. The molecule has 8 heteroatoms. The number of carbonyl (C=O) groups excluding carboxylic acids is 2. The number of benzene rings is 3. The number of non-ortho nitro benzene ring substituents is 1. The summed E-state index contributed by atoms with van der Waals surface area (Å²) in [7, 11) is 0. The van der Waals surface area contributed by atoms with Crippen molar-refractivity contribution >= 4 is 29.2 Å². The van der Waals surface area contributed by atoms with Crippen LogP contribution in [0.5, 0.6) is 0 Å². The highest BCUT2D eigenvalue weighted by Gasteiger charge is 2.19. The summed E-state index contributed by atoms with van der Waals surface area (Å²) in [5.74, 6) is -1.31. The Morgan fingerprint density at radius 2 is 1.65 bits per heavy atom. The maximum Gasteiger partial charge on any atom is 0.340 e. The lowest BCUT2D eigenvalue weighted by atomic mass is 9.99. The van der Waals surface area contributed by atoms with Gasteiger partial charge in [0.05, 0.1) is 21.6 Å². The molecular formula is C23H19ClN2O5. The first-order valence-corrected chi connectivity index (χ1v) is 9.81. The van der Waals surface area contributed by atoms with Crippen LogP contribution in [0.2, 0.25) is 5.02 Å². The van der Waals surface area contributed by atoms with Crippen molar-refractivity contribution in [2.24, 2.45) is 0 Å². The van der Waals surface area contributed by atoms with Gasteiger partial charge in [-0.25, -0.2) is 4.79 Å². The fourth-order valence-corrected chi connectivity index (χ4v) is 3.27. The highest BCUT2D eigenvalue weighted by atomic mass is 35.5. The molecule has 0 aromatic heterocycles. The summed E-state index contributed by atoms with van der Waals surface area (Å²) in [4.78, 5) is 34.9. The molecule has 0 aliphatic heterocycles. The van der Waals surface area contributed by atoms with Gasteiger partial charge in [-0.2, -0.15) is 0 Å². The zero-order chi connectivity index (χ0) is 22.2. The Bertz CT molecular complexity index is 1070. The number of hydrogen-bond acceptors (Lipinski definition) is 5. The molecule has 0 heterocycles. The van der Waals surface area contributed by atoms with Gasteiger partial charge in [0.15, 0.2) is 6.61 Å². The lowest BCUT2D eigenvalue weighted by Gasteiger charge is -2.19. The molecule has 1 amide bonds. The zero-order valence-electron chi connectivity index (χ0n) is 16.4. The van der Waals surface area contributed by atoms with Crippen molar-refractivity contribution < 1.29 is 19.2 Å². The molecule has 31 heavy (non-hydrogen) atoms. The van der Waals surface area contributed by atoms with E-state index >= 15 is 0 Å². The normalized spacial score (nSPS) is 11.4. The summed E-state index contributed by atoms with van der Waals surface area (Å²) < 4.78 is 5.05. The number of ether oxygens (including phenoxy) is 1. The summed E-state index contributed by atoms with van der Waals surface area (Å²) in [6.07, 6.45) is 0.568. The number of esters is 1. The lowest BCUT2D eigenvalue weighted by molar-refractivity contribution is -0.384. The molecule has 0 bridgehead atoms. The van der Waals surface area contributed by atoms with Crippen LogP contribution in [0.3, 0.4) is 0 Å². The minimum atomic E-state index is -0.839. The van der Waals surface area contributed by atoms with E-state index in [0.717, 1.165) is 23.3 Å². The topological polar surface area (TPSA) is 98.5 Å². The van der Waals surface area contributed by atoms with Crippen LogP contribution < -0.4 is 5.32 Å². The standard InChI is InChI=1S/C23H19ClN2O5/c24-20-14-18(26(29)30)11-12-19(20)23(28)31-15-22(27)25-21(17-9-5-2-6-10-17)13-16-7-3-1-4-8-16/h1-12,14,21H,13,15H2,(H,25,27). The van der Waals surface area contributed by atoms with E-state index < -0.39 is 23.4 Å². The number of nitro benzene ring substituents is 1. The summed E-state index contributed by atoms with van der Waals surface area (Å²) >= 11 is 5.93. The first-order valence-electron chi connectivity index (χ1n) is 9.43. The van der Waals surface area contributed by atoms with E-state index in [-0.39, 0.29) is 22.3 Å². The van der Waals surface area contributed by atoms with Crippen LogP contribution in [-0.2, 0) is 16.0 Å². The molecule has 3 rings (SSSR count). The van der Waals surface area contributed by atoms with Gasteiger partial charge in [-0.15, -0.1) is 0 Å². The quantitative estimate of drug-likeness (QED) is 0.317.